The van der Waals surface area contributed by atoms with Crippen LogP contribution in [0.5, 0.6) is 11.5 Å². The van der Waals surface area contributed by atoms with Crippen molar-refractivity contribution in [3.8, 4) is 23.3 Å². The van der Waals surface area contributed by atoms with E-state index < -0.39 is 6.10 Å². The van der Waals surface area contributed by atoms with Crippen LogP contribution in [-0.2, 0) is 0 Å². The molecule has 4 atom stereocenters. The third-order valence-corrected chi connectivity index (χ3v) is 7.00. The van der Waals surface area contributed by atoms with E-state index in [0.717, 1.165) is 30.5 Å². The Kier molecular flexibility index (Phi) is 6.46. The molecular formula is C27H30N2O5. The highest BCUT2D eigenvalue weighted by Gasteiger charge is 2.49. The number of ether oxygens (including phenoxy) is 2. The monoisotopic (exact) mass is 462 g/mol. The smallest absolute Gasteiger partial charge is 0.254 e. The summed E-state index contributed by atoms with van der Waals surface area (Å²) < 4.78 is 10.8. The Morgan fingerprint density at radius 1 is 1.12 bits per heavy atom. The van der Waals surface area contributed by atoms with Gasteiger partial charge < -0.3 is 24.6 Å². The highest BCUT2D eigenvalue weighted by molar-refractivity contribution is 5.95. The second kappa shape index (κ2) is 9.67. The fourth-order valence-corrected chi connectivity index (χ4v) is 5.31. The number of hydrogen-bond donors (Lipinski definition) is 2. The van der Waals surface area contributed by atoms with Crippen molar-refractivity contribution in [2.75, 3.05) is 33.0 Å². The van der Waals surface area contributed by atoms with Crippen LogP contribution in [0.15, 0.2) is 42.5 Å². The van der Waals surface area contributed by atoms with Crippen LogP contribution in [0, 0.1) is 11.8 Å². The lowest BCUT2D eigenvalue weighted by Gasteiger charge is -2.57. The normalized spacial score (nSPS) is 24.7. The minimum atomic E-state index is -0.665. The molecule has 0 bridgehead atoms. The molecule has 7 heteroatoms. The maximum Gasteiger partial charge on any atom is 0.254 e. The SMILES string of the molecule is C[C@H](O)C#Cc1ccc([C@@H]2[C@H](CO)N3CCCCN(C(=O)c4ccc5c(c4)OCO5)C[C@@H]23)cc1. The van der Waals surface area contributed by atoms with E-state index in [9.17, 15) is 15.0 Å². The number of aliphatic hydroxyl groups excluding tert-OH is 2. The number of rotatable bonds is 3. The van der Waals surface area contributed by atoms with E-state index in [2.05, 4.69) is 28.9 Å². The van der Waals surface area contributed by atoms with Gasteiger partial charge in [0.2, 0.25) is 6.79 Å². The first-order valence-corrected chi connectivity index (χ1v) is 11.9. The molecule has 34 heavy (non-hydrogen) atoms. The van der Waals surface area contributed by atoms with Crippen LogP contribution in [-0.4, -0.2) is 77.1 Å². The van der Waals surface area contributed by atoms with Crippen molar-refractivity contribution in [2.45, 2.75) is 43.9 Å². The number of hydrogen-bond acceptors (Lipinski definition) is 6. The van der Waals surface area contributed by atoms with Gasteiger partial charge in [-0.05, 0) is 62.2 Å². The molecule has 7 nitrogen and oxygen atoms in total. The molecule has 2 aromatic rings. The number of fused-ring (bicyclic) bond motifs is 2. The van der Waals surface area contributed by atoms with E-state index in [1.165, 1.54) is 0 Å². The zero-order valence-corrected chi connectivity index (χ0v) is 19.3. The van der Waals surface area contributed by atoms with Gasteiger partial charge in [-0.1, -0.05) is 24.0 Å². The number of nitrogens with zero attached hydrogens (tertiary/aromatic N) is 2. The first kappa shape index (κ1) is 22.7. The van der Waals surface area contributed by atoms with Crippen LogP contribution in [0.1, 0.15) is 47.2 Å². The maximum atomic E-state index is 13.4. The van der Waals surface area contributed by atoms with Crippen LogP contribution in [0.3, 0.4) is 0 Å². The van der Waals surface area contributed by atoms with Crippen LogP contribution >= 0.6 is 0 Å². The zero-order chi connectivity index (χ0) is 23.7. The highest BCUT2D eigenvalue weighted by atomic mass is 16.7. The van der Waals surface area contributed by atoms with E-state index in [1.807, 2.05) is 17.0 Å². The molecule has 0 aromatic heterocycles. The molecule has 5 rings (SSSR count). The third kappa shape index (κ3) is 4.37. The largest absolute Gasteiger partial charge is 0.454 e. The second-order valence-corrected chi connectivity index (χ2v) is 9.17. The maximum absolute atomic E-state index is 13.4. The van der Waals surface area contributed by atoms with E-state index in [-0.39, 0.29) is 37.3 Å². The van der Waals surface area contributed by atoms with Crippen LogP contribution < -0.4 is 9.47 Å². The molecule has 2 saturated heterocycles. The first-order valence-electron chi connectivity index (χ1n) is 11.9. The van der Waals surface area contributed by atoms with Gasteiger partial charge in [-0.15, -0.1) is 0 Å². The Morgan fingerprint density at radius 2 is 1.88 bits per heavy atom. The van der Waals surface area contributed by atoms with Gasteiger partial charge in [0.1, 0.15) is 6.10 Å². The molecule has 2 aromatic carbocycles. The van der Waals surface area contributed by atoms with Gasteiger partial charge in [-0.25, -0.2) is 0 Å². The van der Waals surface area contributed by atoms with E-state index in [4.69, 9.17) is 9.47 Å². The average molecular weight is 463 g/mol. The Balaban J connectivity index is 1.37. The van der Waals surface area contributed by atoms with E-state index in [1.54, 1.807) is 25.1 Å². The summed E-state index contributed by atoms with van der Waals surface area (Å²) in [6, 6.07) is 13.6. The molecule has 2 fully saturated rings. The van der Waals surface area contributed by atoms with Crippen molar-refractivity contribution in [3.05, 3.63) is 59.2 Å². The Labute approximate surface area is 199 Å². The van der Waals surface area contributed by atoms with Crippen molar-refractivity contribution >= 4 is 5.91 Å². The number of carbonyl (C=O) groups excluding carboxylic acids is 1. The van der Waals surface area contributed by atoms with Gasteiger partial charge in [0.25, 0.3) is 5.91 Å². The predicted molar refractivity (Wildman–Crippen MR) is 127 cm³/mol. The van der Waals surface area contributed by atoms with Crippen molar-refractivity contribution in [1.29, 1.82) is 0 Å². The Hall–Kier alpha value is -3.05. The highest BCUT2D eigenvalue weighted by Crippen LogP contribution is 2.42. The fourth-order valence-electron chi connectivity index (χ4n) is 5.31. The van der Waals surface area contributed by atoms with Crippen molar-refractivity contribution in [1.82, 2.24) is 9.80 Å². The molecule has 2 N–H and O–H groups in total. The summed E-state index contributed by atoms with van der Waals surface area (Å²) in [4.78, 5) is 17.7. The lowest BCUT2D eigenvalue weighted by atomic mass is 9.74. The van der Waals surface area contributed by atoms with Crippen molar-refractivity contribution in [2.24, 2.45) is 0 Å². The fraction of sp³-hybridized carbons (Fsp3) is 0.444. The quantitative estimate of drug-likeness (QED) is 0.681. The Morgan fingerprint density at radius 3 is 2.65 bits per heavy atom. The van der Waals surface area contributed by atoms with Gasteiger partial charge in [0.05, 0.1) is 6.61 Å². The lowest BCUT2D eigenvalue weighted by Crippen LogP contribution is -2.67. The lowest BCUT2D eigenvalue weighted by molar-refractivity contribution is -0.0606. The minimum absolute atomic E-state index is 0.00454. The minimum Gasteiger partial charge on any atom is -0.454 e. The first-order chi connectivity index (χ1) is 16.5. The molecule has 0 radical (unpaired) electrons. The van der Waals surface area contributed by atoms with Gasteiger partial charge in [-0.3, -0.25) is 9.69 Å². The summed E-state index contributed by atoms with van der Waals surface area (Å²) in [6.07, 6.45) is 1.25. The summed E-state index contributed by atoms with van der Waals surface area (Å²) in [5.74, 6) is 7.15. The molecule has 0 unspecified atom stereocenters. The molecule has 0 aliphatic carbocycles. The van der Waals surface area contributed by atoms with Gasteiger partial charge >= 0.3 is 0 Å². The van der Waals surface area contributed by atoms with Gasteiger partial charge in [0.15, 0.2) is 11.5 Å². The average Bonchev–Trinajstić information content (AvgIpc) is 3.30. The van der Waals surface area contributed by atoms with Crippen molar-refractivity contribution in [3.63, 3.8) is 0 Å². The molecule has 0 saturated carbocycles. The van der Waals surface area contributed by atoms with E-state index >= 15 is 0 Å². The third-order valence-electron chi connectivity index (χ3n) is 7.00. The molecule has 3 aliphatic rings. The topological polar surface area (TPSA) is 82.5 Å². The standard InChI is InChI=1S/C27H30N2O5/c1-18(31)4-5-19-6-8-20(9-7-19)26-22-15-28(12-2-3-13-29(22)23(26)16-30)27(32)21-10-11-24-25(14-21)34-17-33-24/h6-11,14,18,22-23,26,30-31H,2-3,12-13,15-17H2,1H3/t18-,22-,23-,26-/m0/s1. The molecule has 3 heterocycles. The molecule has 3 aliphatic heterocycles. The summed E-state index contributed by atoms with van der Waals surface area (Å²) in [6.45, 7) is 4.15. The Bertz CT molecular complexity index is 1100. The summed E-state index contributed by atoms with van der Waals surface area (Å²) in [7, 11) is 0. The van der Waals surface area contributed by atoms with Crippen LogP contribution in [0.25, 0.3) is 0 Å². The van der Waals surface area contributed by atoms with Crippen LogP contribution in [0.2, 0.25) is 0 Å². The zero-order valence-electron chi connectivity index (χ0n) is 19.3. The second-order valence-electron chi connectivity index (χ2n) is 9.17. The molecule has 0 spiro atoms. The molecule has 1 amide bonds. The summed E-state index contributed by atoms with van der Waals surface area (Å²) >= 11 is 0. The number of aliphatic hydroxyl groups is 2. The number of benzene rings is 2. The number of amides is 1. The predicted octanol–water partition coefficient (Wildman–Crippen LogP) is 2.21. The van der Waals surface area contributed by atoms with E-state index in [0.29, 0.717) is 30.2 Å². The summed E-state index contributed by atoms with van der Waals surface area (Å²) in [5.41, 5.74) is 2.59. The van der Waals surface area contributed by atoms with Gasteiger partial charge in [-0.2, -0.15) is 0 Å². The number of carbonyl (C=O) groups is 1. The van der Waals surface area contributed by atoms with Crippen molar-refractivity contribution < 1.29 is 24.5 Å². The molecular weight excluding hydrogens is 432 g/mol. The summed E-state index contributed by atoms with van der Waals surface area (Å²) in [5, 5.41) is 19.6. The molecule has 178 valence electrons. The van der Waals surface area contributed by atoms with Crippen LogP contribution in [0.4, 0.5) is 0 Å². The van der Waals surface area contributed by atoms with Gasteiger partial charge in [0, 0.05) is 42.2 Å².